The van der Waals surface area contributed by atoms with Crippen LogP contribution in [0.4, 0.5) is 0 Å². The monoisotopic (exact) mass is 465 g/mol. The third kappa shape index (κ3) is 4.85. The molecule has 3 aromatic rings. The zero-order valence-corrected chi connectivity index (χ0v) is 19.3. The van der Waals surface area contributed by atoms with Crippen molar-refractivity contribution < 1.29 is 14.3 Å². The third-order valence-corrected chi connectivity index (χ3v) is 7.03. The Kier molecular flexibility index (Phi) is 6.53. The Hall–Kier alpha value is -3.00. The highest BCUT2D eigenvalue weighted by molar-refractivity contribution is 7.99. The second kappa shape index (κ2) is 9.87. The molecular weight excluding hydrogens is 438 g/mol. The minimum Gasteiger partial charge on any atom is -0.486 e. The number of nitrogens with zero attached hydrogens (tertiary/aromatic N) is 3. The number of carbonyl (C=O) groups is 1. The first kappa shape index (κ1) is 21.8. The van der Waals surface area contributed by atoms with Gasteiger partial charge in [-0.1, -0.05) is 48.9 Å². The number of rotatable bonds is 5. The van der Waals surface area contributed by atoms with Gasteiger partial charge in [0.25, 0.3) is 5.56 Å². The SMILES string of the molecule is O=C(CSc1nc2ccccc2c(=O)n1C[C@H]1COc2ccccc2O1)N1CCCCCC1. The molecule has 8 heteroatoms. The van der Waals surface area contributed by atoms with Crippen LogP contribution in [0.2, 0.25) is 0 Å². The molecule has 5 rings (SSSR count). The molecule has 7 nitrogen and oxygen atoms in total. The predicted octanol–water partition coefficient (Wildman–Crippen LogP) is 3.73. The van der Waals surface area contributed by atoms with E-state index in [-0.39, 0.29) is 23.3 Å². The molecule has 3 heterocycles. The van der Waals surface area contributed by atoms with Crippen molar-refractivity contribution in [2.45, 2.75) is 43.5 Å². The Morgan fingerprint density at radius 1 is 1.00 bits per heavy atom. The van der Waals surface area contributed by atoms with Gasteiger partial charge in [0.15, 0.2) is 22.8 Å². The molecule has 2 aliphatic heterocycles. The first-order valence-electron chi connectivity index (χ1n) is 11.5. The zero-order chi connectivity index (χ0) is 22.6. The van der Waals surface area contributed by atoms with E-state index in [4.69, 9.17) is 14.5 Å². The van der Waals surface area contributed by atoms with E-state index in [0.29, 0.717) is 40.7 Å². The average Bonchev–Trinajstić information content (AvgIpc) is 3.14. The quantitative estimate of drug-likeness (QED) is 0.422. The van der Waals surface area contributed by atoms with Crippen molar-refractivity contribution in [3.05, 3.63) is 58.9 Å². The van der Waals surface area contributed by atoms with Gasteiger partial charge in [-0.3, -0.25) is 14.2 Å². The van der Waals surface area contributed by atoms with Crippen LogP contribution in [0.1, 0.15) is 25.7 Å². The number of hydrogen-bond donors (Lipinski definition) is 0. The van der Waals surface area contributed by atoms with Crippen molar-refractivity contribution in [3.63, 3.8) is 0 Å². The summed E-state index contributed by atoms with van der Waals surface area (Å²) in [5.74, 6) is 1.73. The summed E-state index contributed by atoms with van der Waals surface area (Å²) in [6, 6.07) is 14.8. The Bertz CT molecular complexity index is 1200. The van der Waals surface area contributed by atoms with Crippen LogP contribution in [0.25, 0.3) is 10.9 Å². The number of fused-ring (bicyclic) bond motifs is 2. The van der Waals surface area contributed by atoms with Crippen LogP contribution in [-0.4, -0.2) is 51.9 Å². The highest BCUT2D eigenvalue weighted by Crippen LogP contribution is 2.31. The molecule has 0 unspecified atom stereocenters. The third-order valence-electron chi connectivity index (χ3n) is 6.06. The first-order valence-corrected chi connectivity index (χ1v) is 12.5. The lowest BCUT2D eigenvalue weighted by Gasteiger charge is -2.27. The van der Waals surface area contributed by atoms with Gasteiger partial charge >= 0.3 is 0 Å². The van der Waals surface area contributed by atoms with Crippen molar-refractivity contribution in [2.75, 3.05) is 25.4 Å². The number of para-hydroxylation sites is 3. The predicted molar refractivity (Wildman–Crippen MR) is 128 cm³/mol. The van der Waals surface area contributed by atoms with Crippen molar-refractivity contribution in [3.8, 4) is 11.5 Å². The van der Waals surface area contributed by atoms with Gasteiger partial charge in [-0.25, -0.2) is 4.98 Å². The van der Waals surface area contributed by atoms with E-state index in [1.165, 1.54) is 24.6 Å². The van der Waals surface area contributed by atoms with E-state index in [1.54, 1.807) is 10.6 Å². The lowest BCUT2D eigenvalue weighted by atomic mass is 10.2. The van der Waals surface area contributed by atoms with Gasteiger partial charge in [-0.2, -0.15) is 0 Å². The second-order valence-electron chi connectivity index (χ2n) is 8.41. The van der Waals surface area contributed by atoms with Crippen molar-refractivity contribution in [1.29, 1.82) is 0 Å². The molecule has 172 valence electrons. The van der Waals surface area contributed by atoms with Gasteiger partial charge in [0.05, 0.1) is 23.2 Å². The van der Waals surface area contributed by atoms with Gasteiger partial charge in [-0.05, 0) is 37.1 Å². The molecule has 0 N–H and O–H groups in total. The van der Waals surface area contributed by atoms with Crippen LogP contribution in [0.5, 0.6) is 11.5 Å². The van der Waals surface area contributed by atoms with E-state index >= 15 is 0 Å². The topological polar surface area (TPSA) is 73.7 Å². The molecule has 1 fully saturated rings. The number of amides is 1. The fraction of sp³-hybridized carbons (Fsp3) is 0.400. The average molecular weight is 466 g/mol. The van der Waals surface area contributed by atoms with Crippen molar-refractivity contribution >= 4 is 28.6 Å². The largest absolute Gasteiger partial charge is 0.486 e. The molecule has 0 bridgehead atoms. The van der Waals surface area contributed by atoms with E-state index in [9.17, 15) is 9.59 Å². The summed E-state index contributed by atoms with van der Waals surface area (Å²) < 4.78 is 13.6. The normalized spacial score (nSPS) is 18.2. The molecule has 1 saturated heterocycles. The summed E-state index contributed by atoms with van der Waals surface area (Å²) >= 11 is 1.32. The molecule has 1 amide bonds. The maximum absolute atomic E-state index is 13.4. The van der Waals surface area contributed by atoms with Gasteiger partial charge in [0.2, 0.25) is 5.91 Å². The molecule has 1 atom stereocenters. The number of aromatic nitrogens is 2. The lowest BCUT2D eigenvalue weighted by Crippen LogP contribution is -2.38. The highest BCUT2D eigenvalue weighted by atomic mass is 32.2. The fourth-order valence-electron chi connectivity index (χ4n) is 4.31. The molecular formula is C25H27N3O4S. The van der Waals surface area contributed by atoms with E-state index in [2.05, 4.69) is 0 Å². The van der Waals surface area contributed by atoms with Crippen LogP contribution in [0.3, 0.4) is 0 Å². The van der Waals surface area contributed by atoms with Crippen LogP contribution in [0, 0.1) is 0 Å². The van der Waals surface area contributed by atoms with Crippen LogP contribution in [0.15, 0.2) is 58.5 Å². The Balaban J connectivity index is 1.39. The number of likely N-dealkylation sites (tertiary alicyclic amines) is 1. The smallest absolute Gasteiger partial charge is 0.262 e. The van der Waals surface area contributed by atoms with Crippen molar-refractivity contribution in [1.82, 2.24) is 14.5 Å². The second-order valence-corrected chi connectivity index (χ2v) is 9.35. The van der Waals surface area contributed by atoms with E-state index < -0.39 is 0 Å². The fourth-order valence-corrected chi connectivity index (χ4v) is 5.22. The van der Waals surface area contributed by atoms with Gasteiger partial charge in [-0.15, -0.1) is 0 Å². The molecule has 0 radical (unpaired) electrons. The first-order chi connectivity index (χ1) is 16.2. The summed E-state index contributed by atoms with van der Waals surface area (Å²) in [6.45, 7) is 2.26. The minimum absolute atomic E-state index is 0.0991. The van der Waals surface area contributed by atoms with Crippen molar-refractivity contribution in [2.24, 2.45) is 0 Å². The summed E-state index contributed by atoms with van der Waals surface area (Å²) in [5.41, 5.74) is 0.502. The molecule has 0 spiro atoms. The highest BCUT2D eigenvalue weighted by Gasteiger charge is 2.24. The molecule has 0 saturated carbocycles. The molecule has 33 heavy (non-hydrogen) atoms. The molecule has 2 aliphatic rings. The maximum atomic E-state index is 13.4. The number of thioether (sulfide) groups is 1. The minimum atomic E-state index is -0.332. The number of hydrogen-bond acceptors (Lipinski definition) is 6. The molecule has 2 aromatic carbocycles. The standard InChI is InChI=1S/C25H27N3O4S/c29-23(27-13-7-1-2-8-14-27)17-33-25-26-20-10-4-3-9-19(20)24(30)28(25)15-18-16-31-21-11-5-6-12-22(21)32-18/h3-6,9-12,18H,1-2,7-8,13-17H2/t18-/m0/s1. The van der Waals surface area contributed by atoms with Gasteiger partial charge in [0, 0.05) is 13.1 Å². The van der Waals surface area contributed by atoms with E-state index in [1.807, 2.05) is 47.4 Å². The molecule has 1 aromatic heterocycles. The summed E-state index contributed by atoms with van der Waals surface area (Å²) in [5, 5.41) is 1.09. The Morgan fingerprint density at radius 2 is 1.73 bits per heavy atom. The number of carbonyl (C=O) groups excluding carboxylic acids is 1. The summed E-state index contributed by atoms with van der Waals surface area (Å²) in [4.78, 5) is 32.9. The van der Waals surface area contributed by atoms with Crippen LogP contribution in [-0.2, 0) is 11.3 Å². The zero-order valence-electron chi connectivity index (χ0n) is 18.4. The Labute approximate surface area is 196 Å². The number of ether oxygens (including phenoxy) is 2. The van der Waals surface area contributed by atoms with Crippen LogP contribution >= 0.6 is 11.8 Å². The van der Waals surface area contributed by atoms with Gasteiger partial charge in [0.1, 0.15) is 6.61 Å². The summed E-state index contributed by atoms with van der Waals surface area (Å²) in [6.07, 6.45) is 4.12. The van der Waals surface area contributed by atoms with E-state index in [0.717, 1.165) is 25.9 Å². The maximum Gasteiger partial charge on any atom is 0.262 e. The van der Waals surface area contributed by atoms with Crippen LogP contribution < -0.4 is 15.0 Å². The van der Waals surface area contributed by atoms with Gasteiger partial charge < -0.3 is 14.4 Å². The number of benzene rings is 2. The molecule has 0 aliphatic carbocycles. The Morgan fingerprint density at radius 3 is 2.55 bits per heavy atom. The lowest BCUT2D eigenvalue weighted by molar-refractivity contribution is -0.128. The summed E-state index contributed by atoms with van der Waals surface area (Å²) in [7, 11) is 0.